The van der Waals surface area contributed by atoms with Crippen molar-refractivity contribution < 1.29 is 13.2 Å². The molecule has 2 rings (SSSR count). The fourth-order valence-corrected chi connectivity index (χ4v) is 3.93. The Morgan fingerprint density at radius 2 is 1.60 bits per heavy atom. The van der Waals surface area contributed by atoms with E-state index in [9.17, 15) is 13.2 Å². The molecule has 0 aliphatic heterocycles. The zero-order valence-corrected chi connectivity index (χ0v) is 15.8. The van der Waals surface area contributed by atoms with Gasteiger partial charge in [0.1, 0.15) is 0 Å². The van der Waals surface area contributed by atoms with Crippen LogP contribution >= 0.6 is 0 Å². The molecule has 134 valence electrons. The van der Waals surface area contributed by atoms with Crippen molar-refractivity contribution in [3.05, 3.63) is 65.7 Å². The van der Waals surface area contributed by atoms with Crippen LogP contribution in [0.15, 0.2) is 59.5 Å². The summed E-state index contributed by atoms with van der Waals surface area (Å²) in [6.45, 7) is 5.91. The Hall–Kier alpha value is -2.14. The molecule has 0 atom stereocenters. The maximum atomic E-state index is 12.2. The van der Waals surface area contributed by atoms with E-state index in [4.69, 9.17) is 0 Å². The summed E-state index contributed by atoms with van der Waals surface area (Å²) < 4.78 is 24.5. The predicted octanol–water partition coefficient (Wildman–Crippen LogP) is 3.30. The van der Waals surface area contributed by atoms with Crippen molar-refractivity contribution in [2.45, 2.75) is 44.0 Å². The van der Waals surface area contributed by atoms with Gasteiger partial charge in [0.05, 0.1) is 10.6 Å². The molecule has 0 aromatic heterocycles. The van der Waals surface area contributed by atoms with Crippen molar-refractivity contribution >= 4 is 15.7 Å². The molecular weight excluding hydrogens is 334 g/mol. The molecule has 0 fully saturated rings. The average Bonchev–Trinajstić information content (AvgIpc) is 2.55. The van der Waals surface area contributed by atoms with Gasteiger partial charge in [0, 0.05) is 12.0 Å². The summed E-state index contributed by atoms with van der Waals surface area (Å²) in [6.07, 6.45) is 0.638. The lowest BCUT2D eigenvalue weighted by Crippen LogP contribution is -2.45. The third-order valence-electron chi connectivity index (χ3n) is 3.94. The Balaban J connectivity index is 1.91. The molecule has 25 heavy (non-hydrogen) atoms. The van der Waals surface area contributed by atoms with Gasteiger partial charge < -0.3 is 5.32 Å². The van der Waals surface area contributed by atoms with Crippen molar-refractivity contribution in [2.24, 2.45) is 0 Å². The van der Waals surface area contributed by atoms with Gasteiger partial charge in [-0.25, -0.2) is 8.42 Å². The van der Waals surface area contributed by atoms with Crippen molar-refractivity contribution in [3.63, 3.8) is 0 Å². The number of rotatable bonds is 7. The molecular formula is C20H25NO3S. The second kappa shape index (κ2) is 7.83. The summed E-state index contributed by atoms with van der Waals surface area (Å²) in [5, 5.41) is 2.94. The van der Waals surface area contributed by atoms with Gasteiger partial charge in [-0.15, -0.1) is 0 Å². The Bertz CT molecular complexity index is 810. The van der Waals surface area contributed by atoms with E-state index >= 15 is 0 Å². The molecule has 0 bridgehead atoms. The summed E-state index contributed by atoms with van der Waals surface area (Å²) in [7, 11) is -3.44. The van der Waals surface area contributed by atoms with Gasteiger partial charge in [0.2, 0.25) is 5.91 Å². The van der Waals surface area contributed by atoms with Crippen LogP contribution in [-0.4, -0.2) is 25.6 Å². The first-order chi connectivity index (χ1) is 11.7. The van der Waals surface area contributed by atoms with Crippen molar-refractivity contribution in [1.82, 2.24) is 5.32 Å². The van der Waals surface area contributed by atoms with E-state index in [0.717, 1.165) is 5.56 Å². The zero-order chi connectivity index (χ0) is 18.5. The molecule has 2 aromatic carbocycles. The lowest BCUT2D eigenvalue weighted by molar-refractivity contribution is -0.122. The van der Waals surface area contributed by atoms with E-state index in [0.29, 0.717) is 6.42 Å². The first-order valence-corrected chi connectivity index (χ1v) is 9.98. The number of hydrogen-bond donors (Lipinski definition) is 1. The molecule has 0 saturated carbocycles. The number of nitrogens with one attached hydrogen (secondary N) is 1. The van der Waals surface area contributed by atoms with Gasteiger partial charge in [-0.2, -0.15) is 0 Å². The normalized spacial score (nSPS) is 12.0. The van der Waals surface area contributed by atoms with Crippen LogP contribution in [0, 0.1) is 6.92 Å². The second-order valence-electron chi connectivity index (χ2n) is 6.98. The second-order valence-corrected chi connectivity index (χ2v) is 9.09. The Morgan fingerprint density at radius 1 is 1.00 bits per heavy atom. The molecule has 0 saturated heterocycles. The highest BCUT2D eigenvalue weighted by Crippen LogP contribution is 2.15. The molecule has 1 amide bonds. The zero-order valence-electron chi connectivity index (χ0n) is 15.0. The molecule has 0 radical (unpaired) electrons. The minimum absolute atomic E-state index is 0.0471. The number of carbonyl (C=O) groups excluding carboxylic acids is 1. The lowest BCUT2D eigenvalue weighted by atomic mass is 9.94. The van der Waals surface area contributed by atoms with Crippen molar-refractivity contribution in [2.75, 3.05) is 5.75 Å². The van der Waals surface area contributed by atoms with Crippen LogP contribution in [0.4, 0.5) is 0 Å². The number of sulfone groups is 1. The van der Waals surface area contributed by atoms with Crippen molar-refractivity contribution in [1.29, 1.82) is 0 Å². The van der Waals surface area contributed by atoms with Gasteiger partial charge in [-0.1, -0.05) is 48.0 Å². The van der Waals surface area contributed by atoms with Crippen LogP contribution in [-0.2, 0) is 21.1 Å². The number of benzene rings is 2. The number of amides is 1. The Kier molecular flexibility index (Phi) is 6.01. The first-order valence-electron chi connectivity index (χ1n) is 8.32. The topological polar surface area (TPSA) is 63.2 Å². The van der Waals surface area contributed by atoms with E-state index in [1.165, 1.54) is 5.56 Å². The Labute approximate surface area is 150 Å². The van der Waals surface area contributed by atoms with Gasteiger partial charge in [0.25, 0.3) is 0 Å². The average molecular weight is 359 g/mol. The van der Waals surface area contributed by atoms with Gasteiger partial charge in [-0.05, 0) is 44.9 Å². The van der Waals surface area contributed by atoms with Gasteiger partial charge in [0.15, 0.2) is 9.84 Å². The van der Waals surface area contributed by atoms with E-state index in [1.54, 1.807) is 30.3 Å². The molecule has 2 aromatic rings. The van der Waals surface area contributed by atoms with Crippen LogP contribution in [0.1, 0.15) is 31.4 Å². The van der Waals surface area contributed by atoms with E-state index < -0.39 is 15.4 Å². The third kappa shape index (κ3) is 6.02. The minimum atomic E-state index is -3.44. The van der Waals surface area contributed by atoms with Crippen LogP contribution in [0.3, 0.4) is 0 Å². The van der Waals surface area contributed by atoms with Crippen LogP contribution in [0.2, 0.25) is 0 Å². The maximum Gasteiger partial charge on any atom is 0.221 e. The molecule has 0 spiro atoms. The molecule has 4 nitrogen and oxygen atoms in total. The smallest absolute Gasteiger partial charge is 0.221 e. The number of carbonyl (C=O) groups is 1. The molecule has 1 N–H and O–H groups in total. The standard InChI is InChI=1S/C20H25NO3S/c1-16-9-11-17(12-10-16)15-20(2,3)21-19(22)13-14-25(23,24)18-7-5-4-6-8-18/h4-12H,13-15H2,1-3H3,(H,21,22). The minimum Gasteiger partial charge on any atom is -0.351 e. The van der Waals surface area contributed by atoms with Gasteiger partial charge in [-0.3, -0.25) is 4.79 Å². The summed E-state index contributed by atoms with van der Waals surface area (Å²) >= 11 is 0. The largest absolute Gasteiger partial charge is 0.351 e. The molecule has 0 heterocycles. The Morgan fingerprint density at radius 3 is 2.20 bits per heavy atom. The van der Waals surface area contributed by atoms with E-state index in [1.807, 2.05) is 45.0 Å². The fraction of sp³-hybridized carbons (Fsp3) is 0.350. The highest BCUT2D eigenvalue weighted by atomic mass is 32.2. The predicted molar refractivity (Wildman–Crippen MR) is 100 cm³/mol. The molecule has 0 unspecified atom stereocenters. The number of hydrogen-bond acceptors (Lipinski definition) is 3. The first kappa shape index (κ1) is 19.2. The van der Waals surface area contributed by atoms with E-state index in [2.05, 4.69) is 5.32 Å². The van der Waals surface area contributed by atoms with E-state index in [-0.39, 0.29) is 23.0 Å². The molecule has 5 heteroatoms. The van der Waals surface area contributed by atoms with Gasteiger partial charge >= 0.3 is 0 Å². The van der Waals surface area contributed by atoms with Crippen molar-refractivity contribution in [3.8, 4) is 0 Å². The highest BCUT2D eigenvalue weighted by molar-refractivity contribution is 7.91. The summed E-state index contributed by atoms with van der Waals surface area (Å²) in [6, 6.07) is 16.4. The summed E-state index contributed by atoms with van der Waals surface area (Å²) in [5.74, 6) is -0.444. The third-order valence-corrected chi connectivity index (χ3v) is 5.68. The monoisotopic (exact) mass is 359 g/mol. The quantitative estimate of drug-likeness (QED) is 0.825. The van der Waals surface area contributed by atoms with Crippen LogP contribution in [0.5, 0.6) is 0 Å². The fourth-order valence-electron chi connectivity index (χ4n) is 2.67. The summed E-state index contributed by atoms with van der Waals surface area (Å²) in [4.78, 5) is 12.5. The highest BCUT2D eigenvalue weighted by Gasteiger charge is 2.23. The van der Waals surface area contributed by atoms with Crippen LogP contribution in [0.25, 0.3) is 0 Å². The number of aryl methyl sites for hydroxylation is 1. The van der Waals surface area contributed by atoms with Crippen LogP contribution < -0.4 is 5.32 Å². The molecule has 0 aliphatic rings. The summed E-state index contributed by atoms with van der Waals surface area (Å²) in [5.41, 5.74) is 1.88. The molecule has 0 aliphatic carbocycles. The lowest BCUT2D eigenvalue weighted by Gasteiger charge is -2.26. The maximum absolute atomic E-state index is 12.2. The SMILES string of the molecule is Cc1ccc(CC(C)(C)NC(=O)CCS(=O)(=O)c2ccccc2)cc1.